The normalized spacial score (nSPS) is 21.2. The number of amides is 1. The zero-order chi connectivity index (χ0) is 17.6. The van der Waals surface area contributed by atoms with Crippen LogP contribution in [0.15, 0.2) is 24.3 Å². The standard InChI is InChI=1S/C16H21F3N2O3/c1-11-12(5-4-8-20-11)21-15(22)9-23-13-6-2-3-7-14(13)24-10-16(17,18)19/h2-3,6-7,11-12,20H,4-5,8-10H2,1H3,(H,21,22). The Morgan fingerprint density at radius 1 is 1.29 bits per heavy atom. The Hall–Kier alpha value is -1.96. The molecule has 5 nitrogen and oxygen atoms in total. The minimum atomic E-state index is -4.44. The van der Waals surface area contributed by atoms with Crippen LogP contribution >= 0.6 is 0 Å². The zero-order valence-electron chi connectivity index (χ0n) is 13.4. The van der Waals surface area contributed by atoms with Gasteiger partial charge in [-0.05, 0) is 38.4 Å². The van der Waals surface area contributed by atoms with Gasteiger partial charge in [0, 0.05) is 12.1 Å². The second-order valence-corrected chi connectivity index (χ2v) is 5.70. The van der Waals surface area contributed by atoms with Crippen LogP contribution in [0.4, 0.5) is 13.2 Å². The van der Waals surface area contributed by atoms with E-state index in [9.17, 15) is 18.0 Å². The fraction of sp³-hybridized carbons (Fsp3) is 0.562. The summed E-state index contributed by atoms with van der Waals surface area (Å²) in [7, 11) is 0. The van der Waals surface area contributed by atoms with Gasteiger partial charge in [0.15, 0.2) is 24.7 Å². The molecule has 2 N–H and O–H groups in total. The Kier molecular flexibility index (Phi) is 6.30. The van der Waals surface area contributed by atoms with Gasteiger partial charge in [-0.2, -0.15) is 13.2 Å². The van der Waals surface area contributed by atoms with Crippen LogP contribution < -0.4 is 20.1 Å². The van der Waals surface area contributed by atoms with Crippen molar-refractivity contribution in [1.82, 2.24) is 10.6 Å². The molecule has 1 aliphatic rings. The van der Waals surface area contributed by atoms with Crippen LogP contribution in [0.2, 0.25) is 0 Å². The lowest BCUT2D eigenvalue weighted by Gasteiger charge is -2.30. The van der Waals surface area contributed by atoms with Gasteiger partial charge in [-0.15, -0.1) is 0 Å². The fourth-order valence-corrected chi connectivity index (χ4v) is 2.48. The zero-order valence-corrected chi connectivity index (χ0v) is 13.4. The van der Waals surface area contributed by atoms with Crippen molar-refractivity contribution in [1.29, 1.82) is 0 Å². The Morgan fingerprint density at radius 2 is 1.96 bits per heavy atom. The minimum absolute atomic E-state index is 0.0200. The Bertz CT molecular complexity index is 552. The van der Waals surface area contributed by atoms with Gasteiger partial charge >= 0.3 is 6.18 Å². The Morgan fingerprint density at radius 3 is 2.58 bits per heavy atom. The first-order valence-corrected chi connectivity index (χ1v) is 7.79. The first kappa shape index (κ1) is 18.4. The van der Waals surface area contributed by atoms with Crippen LogP contribution in [0.3, 0.4) is 0 Å². The van der Waals surface area contributed by atoms with Gasteiger partial charge in [0.25, 0.3) is 5.91 Å². The number of piperidine rings is 1. The molecular formula is C16H21F3N2O3. The van der Waals surface area contributed by atoms with E-state index in [-0.39, 0.29) is 36.1 Å². The fourth-order valence-electron chi connectivity index (χ4n) is 2.48. The lowest BCUT2D eigenvalue weighted by molar-refractivity contribution is -0.153. The number of para-hydroxylation sites is 2. The molecular weight excluding hydrogens is 325 g/mol. The highest BCUT2D eigenvalue weighted by atomic mass is 19.4. The third-order valence-electron chi connectivity index (χ3n) is 3.71. The van der Waals surface area contributed by atoms with Gasteiger partial charge in [-0.25, -0.2) is 0 Å². The van der Waals surface area contributed by atoms with E-state index in [4.69, 9.17) is 9.47 Å². The van der Waals surface area contributed by atoms with E-state index in [2.05, 4.69) is 10.6 Å². The monoisotopic (exact) mass is 346 g/mol. The van der Waals surface area contributed by atoms with Crippen LogP contribution in [-0.4, -0.2) is 43.9 Å². The molecule has 0 saturated carbocycles. The summed E-state index contributed by atoms with van der Waals surface area (Å²) < 4.78 is 46.8. The molecule has 134 valence electrons. The number of ether oxygens (including phenoxy) is 2. The summed E-state index contributed by atoms with van der Waals surface area (Å²) in [4.78, 5) is 12.0. The second kappa shape index (κ2) is 8.23. The van der Waals surface area contributed by atoms with Crippen molar-refractivity contribution < 1.29 is 27.4 Å². The molecule has 24 heavy (non-hydrogen) atoms. The van der Waals surface area contributed by atoms with Crippen LogP contribution in [0.5, 0.6) is 11.5 Å². The first-order valence-electron chi connectivity index (χ1n) is 7.79. The van der Waals surface area contributed by atoms with Crippen LogP contribution in [-0.2, 0) is 4.79 Å². The first-order chi connectivity index (χ1) is 11.3. The SMILES string of the molecule is CC1NCCCC1NC(=O)COc1ccccc1OCC(F)(F)F. The molecule has 2 atom stereocenters. The molecule has 1 amide bonds. The number of carbonyl (C=O) groups is 1. The number of benzene rings is 1. The predicted molar refractivity (Wildman–Crippen MR) is 82.1 cm³/mol. The molecule has 1 fully saturated rings. The van der Waals surface area contributed by atoms with Gasteiger partial charge in [-0.3, -0.25) is 4.79 Å². The van der Waals surface area contributed by atoms with Gasteiger partial charge < -0.3 is 20.1 Å². The number of halogens is 3. The summed E-state index contributed by atoms with van der Waals surface area (Å²) >= 11 is 0. The summed E-state index contributed by atoms with van der Waals surface area (Å²) in [6, 6.07) is 6.15. The van der Waals surface area contributed by atoms with E-state index in [1.165, 1.54) is 18.2 Å². The third kappa shape index (κ3) is 5.92. The minimum Gasteiger partial charge on any atom is -0.480 e. The van der Waals surface area contributed by atoms with Crippen molar-refractivity contribution >= 4 is 5.91 Å². The molecule has 0 bridgehead atoms. The van der Waals surface area contributed by atoms with Crippen LogP contribution in [0.25, 0.3) is 0 Å². The number of carbonyl (C=O) groups excluding carboxylic acids is 1. The molecule has 1 saturated heterocycles. The van der Waals surface area contributed by atoms with E-state index >= 15 is 0 Å². The topological polar surface area (TPSA) is 59.6 Å². The van der Waals surface area contributed by atoms with Crippen molar-refractivity contribution in [2.75, 3.05) is 19.8 Å². The van der Waals surface area contributed by atoms with E-state index in [0.29, 0.717) is 0 Å². The quantitative estimate of drug-likeness (QED) is 0.830. The van der Waals surface area contributed by atoms with Gasteiger partial charge in [0.05, 0.1) is 0 Å². The van der Waals surface area contributed by atoms with E-state index < -0.39 is 12.8 Å². The largest absolute Gasteiger partial charge is 0.480 e. The number of alkyl halides is 3. The van der Waals surface area contributed by atoms with E-state index in [0.717, 1.165) is 19.4 Å². The molecule has 2 unspecified atom stereocenters. The van der Waals surface area contributed by atoms with E-state index in [1.54, 1.807) is 6.07 Å². The van der Waals surface area contributed by atoms with Crippen LogP contribution in [0, 0.1) is 0 Å². The summed E-state index contributed by atoms with van der Waals surface area (Å²) in [5.74, 6) is -0.261. The molecule has 8 heteroatoms. The maximum atomic E-state index is 12.2. The molecule has 1 aromatic rings. The van der Waals surface area contributed by atoms with Crippen molar-refractivity contribution in [3.63, 3.8) is 0 Å². The number of nitrogens with one attached hydrogen (secondary N) is 2. The summed E-state index contributed by atoms with van der Waals surface area (Å²) in [5, 5.41) is 6.14. The average Bonchev–Trinajstić information content (AvgIpc) is 2.53. The van der Waals surface area contributed by atoms with Crippen molar-refractivity contribution in [3.05, 3.63) is 24.3 Å². The van der Waals surface area contributed by atoms with Crippen LogP contribution in [0.1, 0.15) is 19.8 Å². The lowest BCUT2D eigenvalue weighted by Crippen LogP contribution is -2.52. The molecule has 1 heterocycles. The predicted octanol–water partition coefficient (Wildman–Crippen LogP) is 2.26. The second-order valence-electron chi connectivity index (χ2n) is 5.70. The summed E-state index contributed by atoms with van der Waals surface area (Å²) in [5.41, 5.74) is 0. The van der Waals surface area contributed by atoms with Crippen molar-refractivity contribution in [2.24, 2.45) is 0 Å². The highest BCUT2D eigenvalue weighted by Gasteiger charge is 2.29. The molecule has 0 radical (unpaired) electrons. The number of hydrogen-bond donors (Lipinski definition) is 2. The molecule has 1 aliphatic heterocycles. The number of hydrogen-bond acceptors (Lipinski definition) is 4. The van der Waals surface area contributed by atoms with Gasteiger partial charge in [0.1, 0.15) is 0 Å². The van der Waals surface area contributed by atoms with Gasteiger partial charge in [0.2, 0.25) is 0 Å². The molecule has 0 aliphatic carbocycles. The smallest absolute Gasteiger partial charge is 0.422 e. The highest BCUT2D eigenvalue weighted by molar-refractivity contribution is 5.78. The molecule has 1 aromatic carbocycles. The Balaban J connectivity index is 1.86. The third-order valence-corrected chi connectivity index (χ3v) is 3.71. The summed E-state index contributed by atoms with van der Waals surface area (Å²) in [6.45, 7) is 1.22. The highest BCUT2D eigenvalue weighted by Crippen LogP contribution is 2.28. The maximum Gasteiger partial charge on any atom is 0.422 e. The number of rotatable bonds is 6. The van der Waals surface area contributed by atoms with Crippen molar-refractivity contribution in [3.8, 4) is 11.5 Å². The Labute approximate surface area is 138 Å². The summed E-state index contributed by atoms with van der Waals surface area (Å²) in [6.07, 6.45) is -2.58. The molecule has 0 aromatic heterocycles. The van der Waals surface area contributed by atoms with E-state index in [1.807, 2.05) is 6.92 Å². The maximum absolute atomic E-state index is 12.2. The van der Waals surface area contributed by atoms with Gasteiger partial charge in [-0.1, -0.05) is 12.1 Å². The average molecular weight is 346 g/mol. The lowest BCUT2D eigenvalue weighted by atomic mass is 10.00. The molecule has 2 rings (SSSR count). The van der Waals surface area contributed by atoms with Crippen molar-refractivity contribution in [2.45, 2.75) is 38.0 Å². The molecule has 0 spiro atoms.